The number of carbonyl (C=O) groups excluding carboxylic acids is 1. The van der Waals surface area contributed by atoms with E-state index in [0.717, 1.165) is 48.7 Å². The van der Waals surface area contributed by atoms with Gasteiger partial charge < -0.3 is 9.88 Å². The zero-order valence-electron chi connectivity index (χ0n) is 12.0. The van der Waals surface area contributed by atoms with Gasteiger partial charge >= 0.3 is 0 Å². The minimum atomic E-state index is -0.0533. The van der Waals surface area contributed by atoms with Gasteiger partial charge in [0.2, 0.25) is 5.91 Å². The van der Waals surface area contributed by atoms with E-state index in [1.165, 1.54) is 13.3 Å². The van der Waals surface area contributed by atoms with Crippen molar-refractivity contribution in [3.05, 3.63) is 24.0 Å². The Morgan fingerprint density at radius 1 is 1.40 bits per heavy atom. The van der Waals surface area contributed by atoms with E-state index in [1.54, 1.807) is 0 Å². The molecule has 0 spiro atoms. The molecule has 20 heavy (non-hydrogen) atoms. The van der Waals surface area contributed by atoms with E-state index >= 15 is 0 Å². The summed E-state index contributed by atoms with van der Waals surface area (Å²) in [7, 11) is 0. The molecule has 1 aromatic heterocycles. The number of anilines is 1. The lowest BCUT2D eigenvalue weighted by atomic mass is 10.2. The number of carbonyl (C=O) groups is 1. The van der Waals surface area contributed by atoms with Crippen LogP contribution in [0, 0.1) is 0 Å². The Morgan fingerprint density at radius 2 is 2.25 bits per heavy atom. The predicted octanol–water partition coefficient (Wildman–Crippen LogP) is 2.22. The first-order valence-corrected chi connectivity index (χ1v) is 7.16. The second kappa shape index (κ2) is 5.25. The van der Waals surface area contributed by atoms with Gasteiger partial charge in [-0.1, -0.05) is 6.92 Å². The molecule has 5 heteroatoms. The normalized spacial score (nSPS) is 15.3. The quantitative estimate of drug-likeness (QED) is 0.932. The number of benzene rings is 1. The molecule has 1 amide bonds. The van der Waals surface area contributed by atoms with Crippen LogP contribution in [0.15, 0.2) is 18.2 Å². The molecule has 106 valence electrons. The van der Waals surface area contributed by atoms with E-state index in [0.29, 0.717) is 0 Å². The predicted molar refractivity (Wildman–Crippen MR) is 79.6 cm³/mol. The van der Waals surface area contributed by atoms with Crippen LogP contribution in [-0.2, 0) is 17.9 Å². The summed E-state index contributed by atoms with van der Waals surface area (Å²) in [5, 5.41) is 2.81. The Hall–Kier alpha value is -1.88. The van der Waals surface area contributed by atoms with Gasteiger partial charge in [-0.3, -0.25) is 9.69 Å². The molecule has 1 N–H and O–H groups in total. The lowest BCUT2D eigenvalue weighted by Gasteiger charge is -2.27. The summed E-state index contributed by atoms with van der Waals surface area (Å²) in [5.74, 6) is 1.07. The molecule has 0 saturated heterocycles. The molecule has 0 bridgehead atoms. The maximum atomic E-state index is 11.1. The molecule has 5 nitrogen and oxygen atoms in total. The number of fused-ring (bicyclic) bond motifs is 3. The smallest absolute Gasteiger partial charge is 0.221 e. The molecule has 2 aromatic rings. The highest BCUT2D eigenvalue weighted by molar-refractivity contribution is 5.91. The summed E-state index contributed by atoms with van der Waals surface area (Å²) in [5.41, 5.74) is 2.93. The lowest BCUT2D eigenvalue weighted by Crippen LogP contribution is -2.34. The Bertz CT molecular complexity index is 647. The van der Waals surface area contributed by atoms with Crippen LogP contribution >= 0.6 is 0 Å². The topological polar surface area (TPSA) is 50.2 Å². The van der Waals surface area contributed by atoms with Crippen LogP contribution in [-0.4, -0.2) is 33.4 Å². The molecule has 3 rings (SSSR count). The number of hydrogen-bond acceptors (Lipinski definition) is 3. The molecule has 0 unspecified atom stereocenters. The van der Waals surface area contributed by atoms with Crippen LogP contribution in [0.2, 0.25) is 0 Å². The molecule has 1 aromatic carbocycles. The van der Waals surface area contributed by atoms with Gasteiger partial charge in [-0.15, -0.1) is 0 Å². The van der Waals surface area contributed by atoms with Gasteiger partial charge in [0.25, 0.3) is 0 Å². The van der Waals surface area contributed by atoms with Crippen molar-refractivity contribution in [3.8, 4) is 0 Å². The van der Waals surface area contributed by atoms with E-state index in [4.69, 9.17) is 4.98 Å². The van der Waals surface area contributed by atoms with Crippen molar-refractivity contribution >= 4 is 22.6 Å². The highest BCUT2D eigenvalue weighted by Crippen LogP contribution is 2.23. The fourth-order valence-corrected chi connectivity index (χ4v) is 2.86. The number of nitrogens with one attached hydrogen (secondary N) is 1. The Morgan fingerprint density at radius 3 is 3.00 bits per heavy atom. The summed E-state index contributed by atoms with van der Waals surface area (Å²) < 4.78 is 2.29. The standard InChI is InChI=1S/C15H20N4O/c1-3-6-18-7-8-19-14-5-4-12(16-11(2)20)9-13(14)17-15(19)10-18/h4-5,9H,3,6-8,10H2,1-2H3,(H,16,20). The average Bonchev–Trinajstić information content (AvgIpc) is 2.75. The fourth-order valence-electron chi connectivity index (χ4n) is 2.86. The molecular weight excluding hydrogens is 252 g/mol. The van der Waals surface area contributed by atoms with E-state index in [9.17, 15) is 4.79 Å². The van der Waals surface area contributed by atoms with Crippen LogP contribution in [0.1, 0.15) is 26.1 Å². The molecule has 0 atom stereocenters. The maximum Gasteiger partial charge on any atom is 0.221 e. The van der Waals surface area contributed by atoms with Crippen LogP contribution in [0.4, 0.5) is 5.69 Å². The second-order valence-electron chi connectivity index (χ2n) is 5.34. The summed E-state index contributed by atoms with van der Waals surface area (Å²) in [6.45, 7) is 7.84. The van der Waals surface area contributed by atoms with Crippen LogP contribution in [0.3, 0.4) is 0 Å². The summed E-state index contributed by atoms with van der Waals surface area (Å²) in [4.78, 5) is 18.3. The van der Waals surface area contributed by atoms with Gasteiger partial charge in [0.15, 0.2) is 0 Å². The third kappa shape index (κ3) is 2.41. The molecule has 0 fully saturated rings. The largest absolute Gasteiger partial charge is 0.326 e. The van der Waals surface area contributed by atoms with E-state index in [-0.39, 0.29) is 5.91 Å². The van der Waals surface area contributed by atoms with Gasteiger partial charge in [-0.25, -0.2) is 4.98 Å². The number of aromatic nitrogens is 2. The summed E-state index contributed by atoms with van der Waals surface area (Å²) in [6.07, 6.45) is 1.17. The molecule has 0 aliphatic carbocycles. The number of imidazole rings is 1. The van der Waals surface area contributed by atoms with Gasteiger partial charge in [0.05, 0.1) is 17.6 Å². The lowest BCUT2D eigenvalue weighted by molar-refractivity contribution is -0.114. The third-order valence-electron chi connectivity index (χ3n) is 3.69. The Balaban J connectivity index is 1.93. The average molecular weight is 272 g/mol. The van der Waals surface area contributed by atoms with Gasteiger partial charge in [-0.2, -0.15) is 0 Å². The molecule has 0 radical (unpaired) electrons. The fraction of sp³-hybridized carbons (Fsp3) is 0.467. The van der Waals surface area contributed by atoms with Gasteiger partial charge in [0.1, 0.15) is 5.82 Å². The summed E-state index contributed by atoms with van der Waals surface area (Å²) >= 11 is 0. The van der Waals surface area contributed by atoms with Crippen LogP contribution in [0.5, 0.6) is 0 Å². The van der Waals surface area contributed by atoms with E-state index in [2.05, 4.69) is 21.7 Å². The van der Waals surface area contributed by atoms with Crippen molar-refractivity contribution in [2.45, 2.75) is 33.4 Å². The van der Waals surface area contributed by atoms with Crippen molar-refractivity contribution in [1.82, 2.24) is 14.5 Å². The zero-order valence-corrected chi connectivity index (χ0v) is 12.0. The number of nitrogens with zero attached hydrogens (tertiary/aromatic N) is 3. The van der Waals surface area contributed by atoms with Gasteiger partial charge in [-0.05, 0) is 31.2 Å². The first-order valence-electron chi connectivity index (χ1n) is 7.16. The highest BCUT2D eigenvalue weighted by Gasteiger charge is 2.19. The molecule has 0 saturated carbocycles. The van der Waals surface area contributed by atoms with E-state index in [1.807, 2.05) is 18.2 Å². The van der Waals surface area contributed by atoms with Gasteiger partial charge in [0, 0.05) is 25.7 Å². The molecule has 1 aliphatic rings. The second-order valence-corrected chi connectivity index (χ2v) is 5.34. The first-order chi connectivity index (χ1) is 9.67. The van der Waals surface area contributed by atoms with E-state index < -0.39 is 0 Å². The van der Waals surface area contributed by atoms with Crippen molar-refractivity contribution in [2.75, 3.05) is 18.4 Å². The summed E-state index contributed by atoms with van der Waals surface area (Å²) in [6, 6.07) is 5.94. The highest BCUT2D eigenvalue weighted by atomic mass is 16.1. The number of amides is 1. The Labute approximate surface area is 118 Å². The van der Waals surface area contributed by atoms with Crippen LogP contribution < -0.4 is 5.32 Å². The first kappa shape index (κ1) is 13.1. The van der Waals surface area contributed by atoms with Crippen molar-refractivity contribution in [3.63, 3.8) is 0 Å². The molecule has 1 aliphatic heterocycles. The van der Waals surface area contributed by atoms with Crippen molar-refractivity contribution in [2.24, 2.45) is 0 Å². The monoisotopic (exact) mass is 272 g/mol. The molecular formula is C15H20N4O. The third-order valence-corrected chi connectivity index (χ3v) is 3.69. The SMILES string of the molecule is CCCN1CCn2c(nc3cc(NC(C)=O)ccc32)C1. The number of rotatable bonds is 3. The minimum Gasteiger partial charge on any atom is -0.326 e. The zero-order chi connectivity index (χ0) is 14.1. The maximum absolute atomic E-state index is 11.1. The number of hydrogen-bond donors (Lipinski definition) is 1. The van der Waals surface area contributed by atoms with Crippen molar-refractivity contribution < 1.29 is 4.79 Å². The van der Waals surface area contributed by atoms with Crippen molar-refractivity contribution in [1.29, 1.82) is 0 Å². The Kier molecular flexibility index (Phi) is 3.44. The molecule has 2 heterocycles. The van der Waals surface area contributed by atoms with Crippen LogP contribution in [0.25, 0.3) is 11.0 Å². The minimum absolute atomic E-state index is 0.0533.